The van der Waals surface area contributed by atoms with E-state index in [9.17, 15) is 25.0 Å². The first-order chi connectivity index (χ1) is 11.4. The Balaban J connectivity index is 2.15. The Labute approximate surface area is 134 Å². The summed E-state index contributed by atoms with van der Waals surface area (Å²) in [4.78, 5) is 33.4. The fraction of sp³-hybridized carbons (Fsp3) is 0.0667. The number of fused-ring (bicyclic) bond motifs is 1. The molecule has 9 nitrogen and oxygen atoms in total. The van der Waals surface area contributed by atoms with Crippen LogP contribution < -0.4 is 0 Å². The zero-order valence-corrected chi connectivity index (χ0v) is 12.4. The van der Waals surface area contributed by atoms with E-state index in [0.717, 1.165) is 4.68 Å². The Hall–Kier alpha value is -3.62. The average Bonchev–Trinajstić information content (AvgIpc) is 2.96. The van der Waals surface area contributed by atoms with Crippen LogP contribution in [0.3, 0.4) is 0 Å². The predicted molar refractivity (Wildman–Crippen MR) is 83.9 cm³/mol. The van der Waals surface area contributed by atoms with Gasteiger partial charge in [0, 0.05) is 23.6 Å². The van der Waals surface area contributed by atoms with Gasteiger partial charge in [-0.05, 0) is 24.6 Å². The molecule has 0 unspecified atom stereocenters. The van der Waals surface area contributed by atoms with Gasteiger partial charge < -0.3 is 0 Å². The molecule has 120 valence electrons. The lowest BCUT2D eigenvalue weighted by atomic mass is 10.1. The van der Waals surface area contributed by atoms with Crippen LogP contribution in [0.1, 0.15) is 15.9 Å². The maximum atomic E-state index is 12.7. The Bertz CT molecular complexity index is 1010. The first-order valence-corrected chi connectivity index (χ1v) is 6.80. The number of benzene rings is 2. The van der Waals surface area contributed by atoms with E-state index in [2.05, 4.69) is 5.10 Å². The summed E-state index contributed by atoms with van der Waals surface area (Å²) < 4.78 is 1.00. The first-order valence-electron chi connectivity index (χ1n) is 6.80. The van der Waals surface area contributed by atoms with E-state index in [0.29, 0.717) is 16.5 Å². The molecule has 2 aromatic carbocycles. The van der Waals surface area contributed by atoms with Gasteiger partial charge in [0.1, 0.15) is 5.56 Å². The van der Waals surface area contributed by atoms with Crippen molar-refractivity contribution in [2.45, 2.75) is 6.92 Å². The van der Waals surface area contributed by atoms with Crippen LogP contribution in [-0.4, -0.2) is 25.5 Å². The van der Waals surface area contributed by atoms with Gasteiger partial charge in [0.05, 0.1) is 21.6 Å². The number of nitro groups is 2. The highest BCUT2D eigenvalue weighted by atomic mass is 16.6. The van der Waals surface area contributed by atoms with Crippen molar-refractivity contribution >= 4 is 28.2 Å². The number of aromatic nitrogens is 2. The number of nitrogens with zero attached hydrogens (tertiary/aromatic N) is 4. The molecule has 0 atom stereocenters. The van der Waals surface area contributed by atoms with Crippen molar-refractivity contribution in [1.29, 1.82) is 0 Å². The van der Waals surface area contributed by atoms with Gasteiger partial charge in [-0.1, -0.05) is 6.07 Å². The largest absolute Gasteiger partial charge is 0.285 e. The summed E-state index contributed by atoms with van der Waals surface area (Å²) in [7, 11) is 0. The fourth-order valence-corrected chi connectivity index (χ4v) is 2.39. The van der Waals surface area contributed by atoms with E-state index in [4.69, 9.17) is 0 Å². The van der Waals surface area contributed by atoms with Crippen LogP contribution in [0.15, 0.2) is 42.6 Å². The highest BCUT2D eigenvalue weighted by Gasteiger charge is 2.23. The number of non-ortho nitro benzene ring substituents is 1. The van der Waals surface area contributed by atoms with Gasteiger partial charge in [-0.3, -0.25) is 25.0 Å². The maximum absolute atomic E-state index is 12.7. The second-order valence-corrected chi connectivity index (χ2v) is 5.14. The Morgan fingerprint density at radius 3 is 2.50 bits per heavy atom. The number of carbonyl (C=O) groups excluding carboxylic acids is 1. The van der Waals surface area contributed by atoms with Crippen LogP contribution in [0.25, 0.3) is 10.9 Å². The zero-order valence-electron chi connectivity index (χ0n) is 12.4. The van der Waals surface area contributed by atoms with Gasteiger partial charge in [-0.2, -0.15) is 9.78 Å². The third-order valence-corrected chi connectivity index (χ3v) is 3.53. The van der Waals surface area contributed by atoms with Crippen molar-refractivity contribution in [3.63, 3.8) is 0 Å². The molecule has 0 aliphatic carbocycles. The highest BCUT2D eigenvalue weighted by Crippen LogP contribution is 2.24. The van der Waals surface area contributed by atoms with E-state index in [1.54, 1.807) is 13.0 Å². The smallest absolute Gasteiger partial charge is 0.266 e. The third-order valence-electron chi connectivity index (χ3n) is 3.53. The van der Waals surface area contributed by atoms with Crippen LogP contribution in [-0.2, 0) is 0 Å². The molecule has 0 saturated carbocycles. The summed E-state index contributed by atoms with van der Waals surface area (Å²) in [6, 6.07) is 8.15. The van der Waals surface area contributed by atoms with Crippen LogP contribution in [0, 0.1) is 27.2 Å². The molecule has 24 heavy (non-hydrogen) atoms. The predicted octanol–water partition coefficient (Wildman–Crippen LogP) is 2.85. The Morgan fingerprint density at radius 1 is 1.08 bits per heavy atom. The molecule has 0 N–H and O–H groups in total. The van der Waals surface area contributed by atoms with Gasteiger partial charge in [0.15, 0.2) is 0 Å². The first kappa shape index (κ1) is 15.3. The fourth-order valence-electron chi connectivity index (χ4n) is 2.39. The molecule has 0 amide bonds. The van der Waals surface area contributed by atoms with Crippen molar-refractivity contribution < 1.29 is 14.6 Å². The number of carbonyl (C=O) groups is 1. The molecular weight excluding hydrogens is 316 g/mol. The van der Waals surface area contributed by atoms with E-state index < -0.39 is 15.8 Å². The summed E-state index contributed by atoms with van der Waals surface area (Å²) in [6.45, 7) is 1.71. The van der Waals surface area contributed by atoms with E-state index in [1.165, 1.54) is 36.5 Å². The van der Waals surface area contributed by atoms with Crippen LogP contribution >= 0.6 is 0 Å². The Kier molecular flexibility index (Phi) is 3.53. The minimum Gasteiger partial charge on any atom is -0.266 e. The van der Waals surface area contributed by atoms with Gasteiger partial charge >= 0.3 is 0 Å². The normalized spacial score (nSPS) is 10.7. The van der Waals surface area contributed by atoms with Gasteiger partial charge in [-0.15, -0.1) is 0 Å². The molecule has 3 aromatic rings. The third kappa shape index (κ3) is 2.47. The average molecular weight is 326 g/mol. The van der Waals surface area contributed by atoms with Crippen LogP contribution in [0.2, 0.25) is 0 Å². The van der Waals surface area contributed by atoms with Crippen LogP contribution in [0.4, 0.5) is 11.4 Å². The number of aryl methyl sites for hydroxylation is 1. The topological polar surface area (TPSA) is 121 Å². The molecule has 0 radical (unpaired) electrons. The summed E-state index contributed by atoms with van der Waals surface area (Å²) >= 11 is 0. The van der Waals surface area contributed by atoms with Gasteiger partial charge in [-0.25, -0.2) is 0 Å². The number of hydrogen-bond donors (Lipinski definition) is 0. The number of nitro benzene ring substituents is 2. The van der Waals surface area contributed by atoms with Gasteiger partial charge in [0.2, 0.25) is 0 Å². The maximum Gasteiger partial charge on any atom is 0.285 e. The SMILES string of the molecule is Cc1ccc([N+](=O)[O-])c(C(=O)n2ncc3cc([N+](=O)[O-])ccc32)c1. The molecular formula is C15H10N4O5. The van der Waals surface area contributed by atoms with E-state index in [-0.39, 0.29) is 16.9 Å². The lowest BCUT2D eigenvalue weighted by Gasteiger charge is -2.05. The molecule has 9 heteroatoms. The Morgan fingerprint density at radius 2 is 1.83 bits per heavy atom. The second-order valence-electron chi connectivity index (χ2n) is 5.14. The van der Waals surface area contributed by atoms with Crippen molar-refractivity contribution in [3.8, 4) is 0 Å². The van der Waals surface area contributed by atoms with E-state index >= 15 is 0 Å². The molecule has 1 aromatic heterocycles. The minimum atomic E-state index is -0.672. The summed E-state index contributed by atoms with van der Waals surface area (Å²) in [5.74, 6) is -0.672. The van der Waals surface area contributed by atoms with Gasteiger partial charge in [0.25, 0.3) is 17.3 Å². The monoisotopic (exact) mass is 326 g/mol. The lowest BCUT2D eigenvalue weighted by Crippen LogP contribution is -2.15. The van der Waals surface area contributed by atoms with Crippen molar-refractivity contribution in [3.05, 3.63) is 74.0 Å². The number of hydrogen-bond acceptors (Lipinski definition) is 6. The molecule has 0 saturated heterocycles. The molecule has 3 rings (SSSR count). The molecule has 0 spiro atoms. The van der Waals surface area contributed by atoms with Crippen LogP contribution in [0.5, 0.6) is 0 Å². The minimum absolute atomic E-state index is 0.0941. The summed E-state index contributed by atoms with van der Waals surface area (Å²) in [5, 5.41) is 26.3. The van der Waals surface area contributed by atoms with Crippen molar-refractivity contribution in [2.24, 2.45) is 0 Å². The van der Waals surface area contributed by atoms with E-state index in [1.807, 2.05) is 0 Å². The standard InChI is InChI=1S/C15H10N4O5/c1-9-2-4-14(19(23)24)12(6-9)15(20)17-13-5-3-11(18(21)22)7-10(13)8-16-17/h2-8H,1H3. The molecule has 0 fully saturated rings. The molecule has 0 bridgehead atoms. The van der Waals surface area contributed by atoms with Crippen molar-refractivity contribution in [2.75, 3.05) is 0 Å². The van der Waals surface area contributed by atoms with Crippen molar-refractivity contribution in [1.82, 2.24) is 9.78 Å². The molecule has 1 heterocycles. The molecule has 0 aliphatic rings. The molecule has 0 aliphatic heterocycles. The lowest BCUT2D eigenvalue weighted by molar-refractivity contribution is -0.385. The summed E-state index contributed by atoms with van der Waals surface area (Å²) in [5.41, 5.74) is 0.480. The highest BCUT2D eigenvalue weighted by molar-refractivity contribution is 6.04. The summed E-state index contributed by atoms with van der Waals surface area (Å²) in [6.07, 6.45) is 1.31. The zero-order chi connectivity index (χ0) is 17.4. The second kappa shape index (κ2) is 5.54. The number of rotatable bonds is 3. The quantitative estimate of drug-likeness (QED) is 0.539.